The highest BCUT2D eigenvalue weighted by Gasteiger charge is 2.30. The Bertz CT molecular complexity index is 3690. The minimum atomic E-state index is 0.752. The molecule has 0 saturated carbocycles. The summed E-state index contributed by atoms with van der Waals surface area (Å²) in [6.07, 6.45) is 3.52. The van der Waals surface area contributed by atoms with Crippen LogP contribution < -0.4 is 19.6 Å². The van der Waals surface area contributed by atoms with Gasteiger partial charge in [0.2, 0.25) is 0 Å². The fourth-order valence-corrected chi connectivity index (χ4v) is 12.3. The van der Waals surface area contributed by atoms with E-state index in [1.54, 1.807) is 35.9 Å². The number of para-hydroxylation sites is 6. The summed E-state index contributed by atoms with van der Waals surface area (Å²) >= 11 is 3.56. The Hall–Kier alpha value is -8.96. The maximum atomic E-state index is 5.64. The van der Waals surface area contributed by atoms with Crippen LogP contribution in [-0.2, 0) is 0 Å². The molecule has 72 heavy (non-hydrogen) atoms. The summed E-state index contributed by atoms with van der Waals surface area (Å²) in [5.74, 6) is 1.56. The summed E-state index contributed by atoms with van der Waals surface area (Å²) in [6.45, 7) is 0. The Morgan fingerprint density at radius 1 is 0.292 bits per heavy atom. The number of aromatic nitrogens is 4. The van der Waals surface area contributed by atoms with E-state index in [0.29, 0.717) is 0 Å². The number of hydrogen-bond donors (Lipinski definition) is 0. The van der Waals surface area contributed by atoms with Crippen molar-refractivity contribution in [2.24, 2.45) is 0 Å². The summed E-state index contributed by atoms with van der Waals surface area (Å²) in [4.78, 5) is 34.8. The number of fused-ring (bicyclic) bond motifs is 10. The number of pyridine rings is 2. The van der Waals surface area contributed by atoms with Crippen molar-refractivity contribution >= 4 is 125 Å². The third kappa shape index (κ3) is 7.10. The van der Waals surface area contributed by atoms with Crippen LogP contribution in [0.15, 0.2) is 262 Å². The SMILES string of the molecule is c1ccc(N(c2ccccc2)c2ccc3c(c2)Sc2ccccc2N3c2ccc3c4nccnc4c4ccc(N5c6ccccc6Sc6cc(N(c7ccccc7)c7ccccc7)ccc65)nc4c3n2)cc1. The number of rotatable bonds is 8. The van der Waals surface area contributed by atoms with Gasteiger partial charge in [0.25, 0.3) is 0 Å². The van der Waals surface area contributed by atoms with Crippen molar-refractivity contribution in [1.82, 2.24) is 19.9 Å². The van der Waals surface area contributed by atoms with Gasteiger partial charge in [0.05, 0.1) is 33.8 Å². The molecule has 10 heteroatoms. The van der Waals surface area contributed by atoms with Crippen LogP contribution in [0.1, 0.15) is 0 Å². The maximum absolute atomic E-state index is 5.64. The zero-order valence-electron chi connectivity index (χ0n) is 38.5. The molecule has 2 aliphatic heterocycles. The summed E-state index contributed by atoms with van der Waals surface area (Å²) in [6, 6.07) is 81.3. The molecule has 0 fully saturated rings. The molecular formula is C62H40N8S2. The van der Waals surface area contributed by atoms with Crippen molar-refractivity contribution in [3.8, 4) is 0 Å². The molecule has 0 spiro atoms. The van der Waals surface area contributed by atoms with E-state index < -0.39 is 0 Å². The summed E-state index contributed by atoms with van der Waals surface area (Å²) in [5, 5.41) is 1.77. The van der Waals surface area contributed by atoms with E-state index in [1.165, 1.54) is 0 Å². The highest BCUT2D eigenvalue weighted by atomic mass is 32.2. The van der Waals surface area contributed by atoms with Crippen LogP contribution in [0.4, 0.5) is 68.5 Å². The van der Waals surface area contributed by atoms with Crippen LogP contribution in [0.5, 0.6) is 0 Å². The van der Waals surface area contributed by atoms with Gasteiger partial charge in [-0.3, -0.25) is 19.8 Å². The van der Waals surface area contributed by atoms with Crippen molar-refractivity contribution in [1.29, 1.82) is 0 Å². The van der Waals surface area contributed by atoms with Crippen LogP contribution >= 0.6 is 23.5 Å². The van der Waals surface area contributed by atoms with E-state index in [-0.39, 0.29) is 0 Å². The molecule has 0 saturated heterocycles. The molecule has 2 aliphatic rings. The lowest BCUT2D eigenvalue weighted by atomic mass is 10.1. The fourth-order valence-electron chi connectivity index (χ4n) is 10.1. The van der Waals surface area contributed by atoms with Crippen LogP contribution in [0.25, 0.3) is 32.8 Å². The molecule has 0 N–H and O–H groups in total. The quantitative estimate of drug-likeness (QED) is 0.138. The zero-order chi connectivity index (χ0) is 47.5. The number of anilines is 12. The van der Waals surface area contributed by atoms with Crippen molar-refractivity contribution in [3.05, 3.63) is 243 Å². The molecule has 14 rings (SSSR count). The first kappa shape index (κ1) is 42.0. The number of nitrogens with zero attached hydrogens (tertiary/aromatic N) is 8. The number of benzene rings is 9. The first-order valence-corrected chi connectivity index (χ1v) is 25.4. The smallest absolute Gasteiger partial charge is 0.138 e. The minimum absolute atomic E-state index is 0.752. The molecule has 0 radical (unpaired) electrons. The molecule has 0 aliphatic carbocycles. The molecule has 5 heterocycles. The van der Waals surface area contributed by atoms with Crippen LogP contribution in [0.3, 0.4) is 0 Å². The molecule has 12 aromatic rings. The highest BCUT2D eigenvalue weighted by Crippen LogP contribution is 2.55. The molecule has 8 nitrogen and oxygen atoms in total. The molecule has 0 bridgehead atoms. The van der Waals surface area contributed by atoms with Crippen molar-refractivity contribution in [3.63, 3.8) is 0 Å². The fraction of sp³-hybridized carbons (Fsp3) is 0. The Labute approximate surface area is 424 Å². The summed E-state index contributed by atoms with van der Waals surface area (Å²) < 4.78 is 0. The van der Waals surface area contributed by atoms with E-state index in [1.807, 2.05) is 0 Å². The lowest BCUT2D eigenvalue weighted by Crippen LogP contribution is -2.17. The summed E-state index contributed by atoms with van der Waals surface area (Å²) in [7, 11) is 0. The van der Waals surface area contributed by atoms with E-state index >= 15 is 0 Å². The van der Waals surface area contributed by atoms with Gasteiger partial charge in [-0.15, -0.1) is 0 Å². The maximum Gasteiger partial charge on any atom is 0.138 e. The Morgan fingerprint density at radius 2 is 0.639 bits per heavy atom. The third-order valence-corrected chi connectivity index (χ3v) is 15.5. The van der Waals surface area contributed by atoms with E-state index in [4.69, 9.17) is 19.9 Å². The molecular weight excluding hydrogens is 921 g/mol. The molecule has 0 amide bonds. The third-order valence-electron chi connectivity index (χ3n) is 13.2. The molecule has 0 atom stereocenters. The first-order valence-electron chi connectivity index (χ1n) is 23.8. The van der Waals surface area contributed by atoms with Gasteiger partial charge in [-0.25, -0.2) is 9.97 Å². The zero-order valence-corrected chi connectivity index (χ0v) is 40.1. The van der Waals surface area contributed by atoms with Crippen molar-refractivity contribution in [2.45, 2.75) is 19.6 Å². The largest absolute Gasteiger partial charge is 0.310 e. The van der Waals surface area contributed by atoms with E-state index in [9.17, 15) is 0 Å². The van der Waals surface area contributed by atoms with E-state index in [0.717, 1.165) is 121 Å². The van der Waals surface area contributed by atoms with Gasteiger partial charge in [0.1, 0.15) is 22.7 Å². The van der Waals surface area contributed by atoms with E-state index in [2.05, 4.69) is 250 Å². The Morgan fingerprint density at radius 3 is 1.03 bits per heavy atom. The van der Waals surface area contributed by atoms with Crippen LogP contribution in [-0.4, -0.2) is 19.9 Å². The average molecular weight is 961 g/mol. The van der Waals surface area contributed by atoms with Gasteiger partial charge in [-0.1, -0.05) is 121 Å². The second-order valence-corrected chi connectivity index (χ2v) is 19.7. The molecule has 3 aromatic heterocycles. The second kappa shape index (κ2) is 17.5. The highest BCUT2D eigenvalue weighted by molar-refractivity contribution is 8.00. The first-order chi connectivity index (χ1) is 35.7. The lowest BCUT2D eigenvalue weighted by Gasteiger charge is -2.34. The Kier molecular flexibility index (Phi) is 10.2. The van der Waals surface area contributed by atoms with Gasteiger partial charge in [0.15, 0.2) is 0 Å². The van der Waals surface area contributed by atoms with Gasteiger partial charge >= 0.3 is 0 Å². The second-order valence-electron chi connectivity index (χ2n) is 17.5. The monoisotopic (exact) mass is 960 g/mol. The Balaban J connectivity index is 0.931. The standard InChI is InChI=1S/C62H40N8S2/c1-5-17-41(18-6-1)67(42-19-7-2-8-20-42)45-29-33-51-55(39-45)71-53-27-15-13-25-49(53)69(51)57-35-31-47-59-60(64-38-37-63-59)48-32-36-58(66-62(48)61(47)65-57)70-50-26-14-16-28-54(50)72-56-40-46(30-34-52(56)70)68(43-21-9-3-10-22-43)44-23-11-4-12-24-44/h1-40H. The minimum Gasteiger partial charge on any atom is -0.310 e. The topological polar surface area (TPSA) is 64.5 Å². The van der Waals surface area contributed by atoms with Gasteiger partial charge in [-0.2, -0.15) is 0 Å². The molecule has 340 valence electrons. The molecule has 9 aromatic carbocycles. The van der Waals surface area contributed by atoms with Crippen molar-refractivity contribution in [2.75, 3.05) is 19.6 Å². The summed E-state index contributed by atoms with van der Waals surface area (Å²) in [5.41, 5.74) is 13.8. The van der Waals surface area contributed by atoms with Crippen LogP contribution in [0, 0.1) is 0 Å². The molecule has 0 unspecified atom stereocenters. The van der Waals surface area contributed by atoms with Crippen LogP contribution in [0.2, 0.25) is 0 Å². The van der Waals surface area contributed by atoms with Gasteiger partial charge < -0.3 is 9.80 Å². The predicted octanol–water partition coefficient (Wildman–Crippen LogP) is 17.5. The van der Waals surface area contributed by atoms with Gasteiger partial charge in [0, 0.05) is 76.9 Å². The van der Waals surface area contributed by atoms with Crippen molar-refractivity contribution < 1.29 is 0 Å². The van der Waals surface area contributed by atoms with Gasteiger partial charge in [-0.05, 0) is 133 Å². The lowest BCUT2D eigenvalue weighted by molar-refractivity contribution is 1.12. The predicted molar refractivity (Wildman–Crippen MR) is 297 cm³/mol. The average Bonchev–Trinajstić information content (AvgIpc) is 3.45. The number of hydrogen-bond acceptors (Lipinski definition) is 10. The normalized spacial score (nSPS) is 12.6.